The molecule has 0 aliphatic rings. The van der Waals surface area contributed by atoms with Gasteiger partial charge in [-0.05, 0) is 37.1 Å². The Bertz CT molecular complexity index is 638. The van der Waals surface area contributed by atoms with Gasteiger partial charge < -0.3 is 10.1 Å². The Morgan fingerprint density at radius 2 is 2.05 bits per heavy atom. The van der Waals surface area contributed by atoms with Crippen LogP contribution in [-0.4, -0.2) is 17.4 Å². The molecule has 0 spiro atoms. The molecular formula is C16H19FN2O2S. The summed E-state index contributed by atoms with van der Waals surface area (Å²) in [4.78, 5) is 17.0. The molecule has 1 N–H and O–H groups in total. The molecule has 0 radical (unpaired) electrons. The van der Waals surface area contributed by atoms with Crippen molar-refractivity contribution in [3.63, 3.8) is 0 Å². The second-order valence-electron chi connectivity index (χ2n) is 5.37. The number of ether oxygens (including phenoxy) is 1. The van der Waals surface area contributed by atoms with Gasteiger partial charge >= 0.3 is 0 Å². The quantitative estimate of drug-likeness (QED) is 0.885. The van der Waals surface area contributed by atoms with Gasteiger partial charge in [0.1, 0.15) is 28.1 Å². The van der Waals surface area contributed by atoms with Crippen LogP contribution in [0.25, 0.3) is 0 Å². The first kappa shape index (κ1) is 16.4. The van der Waals surface area contributed by atoms with Crippen molar-refractivity contribution in [2.45, 2.75) is 27.4 Å². The summed E-state index contributed by atoms with van der Waals surface area (Å²) in [6, 6.07) is 5.80. The van der Waals surface area contributed by atoms with E-state index in [4.69, 9.17) is 4.74 Å². The smallest absolute Gasteiger partial charge is 0.263 e. The van der Waals surface area contributed by atoms with Crippen LogP contribution in [0.5, 0.6) is 5.75 Å². The van der Waals surface area contributed by atoms with Crippen molar-refractivity contribution >= 4 is 17.2 Å². The van der Waals surface area contributed by atoms with Crippen LogP contribution in [0.3, 0.4) is 0 Å². The molecule has 1 aromatic carbocycles. The fraction of sp³-hybridized carbons (Fsp3) is 0.375. The number of amides is 1. The summed E-state index contributed by atoms with van der Waals surface area (Å²) in [6.07, 6.45) is 0. The van der Waals surface area contributed by atoms with Crippen LogP contribution in [0.1, 0.15) is 34.2 Å². The zero-order valence-corrected chi connectivity index (χ0v) is 13.7. The van der Waals surface area contributed by atoms with Crippen LogP contribution in [0.2, 0.25) is 0 Å². The molecule has 6 heteroatoms. The van der Waals surface area contributed by atoms with Gasteiger partial charge in [0.15, 0.2) is 0 Å². The summed E-state index contributed by atoms with van der Waals surface area (Å²) >= 11 is 1.32. The molecule has 0 aliphatic heterocycles. The van der Waals surface area contributed by atoms with Crippen LogP contribution in [-0.2, 0) is 6.61 Å². The maximum absolute atomic E-state index is 12.8. The minimum Gasteiger partial charge on any atom is -0.486 e. The molecule has 22 heavy (non-hydrogen) atoms. The van der Waals surface area contributed by atoms with Gasteiger partial charge in [-0.1, -0.05) is 13.8 Å². The van der Waals surface area contributed by atoms with E-state index in [9.17, 15) is 9.18 Å². The maximum Gasteiger partial charge on any atom is 0.263 e. The van der Waals surface area contributed by atoms with E-state index in [0.29, 0.717) is 28.8 Å². The molecule has 1 heterocycles. The van der Waals surface area contributed by atoms with Crippen molar-refractivity contribution < 1.29 is 13.9 Å². The van der Waals surface area contributed by atoms with Crippen molar-refractivity contribution in [1.29, 1.82) is 0 Å². The summed E-state index contributed by atoms with van der Waals surface area (Å²) in [5.74, 6) is 0.566. The highest BCUT2D eigenvalue weighted by molar-refractivity contribution is 7.13. The Kier molecular flexibility index (Phi) is 5.49. The number of halogens is 1. The molecule has 0 fully saturated rings. The Hall–Kier alpha value is -1.95. The maximum atomic E-state index is 12.8. The van der Waals surface area contributed by atoms with Gasteiger partial charge in [0.2, 0.25) is 0 Å². The highest BCUT2D eigenvalue weighted by Gasteiger charge is 2.15. The second-order valence-corrected chi connectivity index (χ2v) is 6.45. The van der Waals surface area contributed by atoms with E-state index in [1.165, 1.54) is 23.5 Å². The SMILES string of the molecule is Cc1nc(COc2ccc(F)cc2)sc1C(=O)NCC(C)C. The van der Waals surface area contributed by atoms with E-state index >= 15 is 0 Å². The lowest BCUT2D eigenvalue weighted by Gasteiger charge is -2.06. The van der Waals surface area contributed by atoms with E-state index in [0.717, 1.165) is 5.01 Å². The van der Waals surface area contributed by atoms with Gasteiger partial charge in [0.25, 0.3) is 5.91 Å². The van der Waals surface area contributed by atoms with Crippen molar-refractivity contribution in [3.05, 3.63) is 45.7 Å². The number of aryl methyl sites for hydroxylation is 1. The fourth-order valence-electron chi connectivity index (χ4n) is 1.78. The number of rotatable bonds is 6. The average molecular weight is 322 g/mol. The molecule has 0 atom stereocenters. The number of carbonyl (C=O) groups is 1. The molecule has 118 valence electrons. The van der Waals surface area contributed by atoms with E-state index in [1.807, 2.05) is 20.8 Å². The minimum absolute atomic E-state index is 0.100. The third-order valence-corrected chi connectivity index (χ3v) is 4.02. The van der Waals surface area contributed by atoms with Crippen LogP contribution >= 0.6 is 11.3 Å². The third-order valence-electron chi connectivity index (χ3n) is 2.89. The number of benzene rings is 1. The number of hydrogen-bond donors (Lipinski definition) is 1. The number of hydrogen-bond acceptors (Lipinski definition) is 4. The van der Waals surface area contributed by atoms with E-state index in [2.05, 4.69) is 10.3 Å². The topological polar surface area (TPSA) is 51.2 Å². The molecule has 1 amide bonds. The zero-order valence-electron chi connectivity index (χ0n) is 12.9. The minimum atomic E-state index is -0.304. The number of nitrogens with zero attached hydrogens (tertiary/aromatic N) is 1. The third kappa shape index (κ3) is 4.53. The summed E-state index contributed by atoms with van der Waals surface area (Å²) in [5.41, 5.74) is 0.698. The van der Waals surface area contributed by atoms with Gasteiger partial charge in [-0.25, -0.2) is 9.37 Å². The zero-order chi connectivity index (χ0) is 16.1. The molecule has 4 nitrogen and oxygen atoms in total. The molecule has 0 aliphatic carbocycles. The van der Waals surface area contributed by atoms with Gasteiger partial charge in [-0.2, -0.15) is 0 Å². The Balaban J connectivity index is 1.97. The van der Waals surface area contributed by atoms with Crippen LogP contribution in [0.15, 0.2) is 24.3 Å². The molecular weight excluding hydrogens is 303 g/mol. The Morgan fingerprint density at radius 1 is 1.36 bits per heavy atom. The molecule has 2 rings (SSSR count). The van der Waals surface area contributed by atoms with Crippen LogP contribution in [0.4, 0.5) is 4.39 Å². The average Bonchev–Trinajstić information content (AvgIpc) is 2.85. The normalized spacial score (nSPS) is 10.8. The predicted molar refractivity (Wildman–Crippen MR) is 84.8 cm³/mol. The number of nitrogens with one attached hydrogen (secondary N) is 1. The number of thiazole rings is 1. The Morgan fingerprint density at radius 3 is 2.68 bits per heavy atom. The molecule has 1 aromatic heterocycles. The van der Waals surface area contributed by atoms with Crippen molar-refractivity contribution in [2.24, 2.45) is 5.92 Å². The summed E-state index contributed by atoms with van der Waals surface area (Å²) in [6.45, 7) is 6.79. The predicted octanol–water partition coefficient (Wildman–Crippen LogP) is 3.56. The second kappa shape index (κ2) is 7.35. The first-order valence-electron chi connectivity index (χ1n) is 7.08. The lowest BCUT2D eigenvalue weighted by molar-refractivity contribution is 0.0952. The lowest BCUT2D eigenvalue weighted by Crippen LogP contribution is -2.27. The van der Waals surface area contributed by atoms with Crippen molar-refractivity contribution in [2.75, 3.05) is 6.54 Å². The van der Waals surface area contributed by atoms with Gasteiger partial charge in [-0.15, -0.1) is 11.3 Å². The van der Waals surface area contributed by atoms with Crippen LogP contribution in [0, 0.1) is 18.7 Å². The summed E-state index contributed by atoms with van der Waals surface area (Å²) in [5, 5.41) is 3.60. The van der Waals surface area contributed by atoms with Gasteiger partial charge in [-0.3, -0.25) is 4.79 Å². The Labute approximate surface area is 133 Å². The van der Waals surface area contributed by atoms with E-state index < -0.39 is 0 Å². The fourth-order valence-corrected chi connectivity index (χ4v) is 2.67. The van der Waals surface area contributed by atoms with E-state index in [-0.39, 0.29) is 18.3 Å². The highest BCUT2D eigenvalue weighted by Crippen LogP contribution is 2.20. The van der Waals surface area contributed by atoms with Gasteiger partial charge in [0.05, 0.1) is 5.69 Å². The molecule has 0 saturated heterocycles. The highest BCUT2D eigenvalue weighted by atomic mass is 32.1. The van der Waals surface area contributed by atoms with Crippen LogP contribution < -0.4 is 10.1 Å². The summed E-state index contributed by atoms with van der Waals surface area (Å²) in [7, 11) is 0. The first-order chi connectivity index (χ1) is 10.5. The standard InChI is InChI=1S/C16H19FN2O2S/c1-10(2)8-18-16(20)15-11(3)19-14(22-15)9-21-13-6-4-12(17)5-7-13/h4-7,10H,8-9H2,1-3H3,(H,18,20). The first-order valence-corrected chi connectivity index (χ1v) is 7.90. The van der Waals surface area contributed by atoms with Crippen molar-refractivity contribution in [3.8, 4) is 5.75 Å². The summed E-state index contributed by atoms with van der Waals surface area (Å²) < 4.78 is 18.4. The molecule has 0 unspecified atom stereocenters. The van der Waals surface area contributed by atoms with Gasteiger partial charge in [0, 0.05) is 6.54 Å². The number of aromatic nitrogens is 1. The molecule has 0 saturated carbocycles. The molecule has 0 bridgehead atoms. The monoisotopic (exact) mass is 322 g/mol. The number of carbonyl (C=O) groups excluding carboxylic acids is 1. The lowest BCUT2D eigenvalue weighted by atomic mass is 10.2. The van der Waals surface area contributed by atoms with Crippen molar-refractivity contribution in [1.82, 2.24) is 10.3 Å². The molecule has 2 aromatic rings. The van der Waals surface area contributed by atoms with E-state index in [1.54, 1.807) is 12.1 Å². The largest absolute Gasteiger partial charge is 0.486 e.